The van der Waals surface area contributed by atoms with Gasteiger partial charge in [0.15, 0.2) is 5.82 Å². The highest BCUT2D eigenvalue weighted by Gasteiger charge is 2.13. The summed E-state index contributed by atoms with van der Waals surface area (Å²) in [6, 6.07) is 11.7. The van der Waals surface area contributed by atoms with Crippen molar-refractivity contribution in [3.63, 3.8) is 0 Å². The molecule has 7 nitrogen and oxygen atoms in total. The molecule has 2 heterocycles. The summed E-state index contributed by atoms with van der Waals surface area (Å²) in [5.74, 6) is 0.678. The first kappa shape index (κ1) is 21.8. The van der Waals surface area contributed by atoms with E-state index in [0.717, 1.165) is 45.2 Å². The van der Waals surface area contributed by atoms with Crippen LogP contribution in [0.4, 0.5) is 11.5 Å². The first-order chi connectivity index (χ1) is 14.5. The van der Waals surface area contributed by atoms with Crippen molar-refractivity contribution < 1.29 is 0 Å². The summed E-state index contributed by atoms with van der Waals surface area (Å²) in [4.78, 5) is 7.59. The molecule has 0 aliphatic carbocycles. The Morgan fingerprint density at radius 2 is 1.83 bits per heavy atom. The molecule has 0 spiro atoms. The van der Waals surface area contributed by atoms with E-state index in [-0.39, 0.29) is 0 Å². The van der Waals surface area contributed by atoms with Crippen LogP contribution >= 0.6 is 23.2 Å². The van der Waals surface area contributed by atoms with Gasteiger partial charge >= 0.3 is 0 Å². The van der Waals surface area contributed by atoms with Gasteiger partial charge in [0.25, 0.3) is 0 Å². The summed E-state index contributed by atoms with van der Waals surface area (Å²) in [5.41, 5.74) is 14.7. The Labute approximate surface area is 184 Å². The van der Waals surface area contributed by atoms with Crippen molar-refractivity contribution in [1.29, 1.82) is 0 Å². The summed E-state index contributed by atoms with van der Waals surface area (Å²) in [6.45, 7) is 2.50. The second-order valence-corrected chi connectivity index (χ2v) is 7.30. The van der Waals surface area contributed by atoms with Gasteiger partial charge in [-0.25, -0.2) is 0 Å². The van der Waals surface area contributed by atoms with Gasteiger partial charge in [0.1, 0.15) is 0 Å². The molecule has 0 unspecified atom stereocenters. The molecule has 30 heavy (non-hydrogen) atoms. The first-order valence-electron chi connectivity index (χ1n) is 9.33. The summed E-state index contributed by atoms with van der Waals surface area (Å²) in [7, 11) is 1.50. The Morgan fingerprint density at radius 3 is 2.53 bits per heavy atom. The minimum absolute atomic E-state index is 0.517. The Balaban J connectivity index is 0.00000124. The number of aliphatic imine (C=N–C) groups is 1. The van der Waals surface area contributed by atoms with Crippen LogP contribution in [0.15, 0.2) is 41.4 Å². The van der Waals surface area contributed by atoms with Gasteiger partial charge < -0.3 is 21.8 Å². The monoisotopic (exact) mass is 443 g/mol. The Kier molecular flexibility index (Phi) is 7.10. The van der Waals surface area contributed by atoms with Gasteiger partial charge in [0.2, 0.25) is 0 Å². The molecule has 0 bridgehead atoms. The number of aryl methyl sites for hydroxylation is 1. The largest absolute Gasteiger partial charge is 0.390 e. The molecule has 0 fully saturated rings. The van der Waals surface area contributed by atoms with E-state index in [0.29, 0.717) is 22.4 Å². The highest BCUT2D eigenvalue weighted by Crippen LogP contribution is 2.36. The van der Waals surface area contributed by atoms with Crippen molar-refractivity contribution in [2.45, 2.75) is 13.3 Å². The predicted molar refractivity (Wildman–Crippen MR) is 127 cm³/mol. The number of nitrogens with zero attached hydrogens (tertiary/aromatic N) is 3. The fourth-order valence-electron chi connectivity index (χ4n) is 3.21. The number of halogens is 2. The third-order valence-electron chi connectivity index (χ3n) is 4.52. The van der Waals surface area contributed by atoms with E-state index in [1.807, 2.05) is 31.2 Å². The van der Waals surface area contributed by atoms with Gasteiger partial charge in [0, 0.05) is 34.0 Å². The molecule has 0 aliphatic heterocycles. The molecule has 2 aromatic carbocycles. The number of nitrogens with one attached hydrogen (secondary N) is 2. The average Bonchev–Trinajstić information content (AvgIpc) is 3.09. The molecule has 0 saturated heterocycles. The van der Waals surface area contributed by atoms with E-state index in [1.54, 1.807) is 0 Å². The van der Waals surface area contributed by atoms with E-state index < -0.39 is 0 Å². The number of benzene rings is 2. The zero-order valence-corrected chi connectivity index (χ0v) is 18.2. The van der Waals surface area contributed by atoms with Crippen LogP contribution in [0.2, 0.25) is 10.0 Å². The molecule has 156 valence electrons. The molecule has 0 atom stereocenters. The Hall–Kier alpha value is -2.87. The number of aromatic amines is 1. The molecule has 2 aromatic heterocycles. The lowest BCUT2D eigenvalue weighted by atomic mass is 10.0. The average molecular weight is 444 g/mol. The van der Waals surface area contributed by atoms with E-state index >= 15 is 0 Å². The van der Waals surface area contributed by atoms with Crippen LogP contribution in [0.3, 0.4) is 0 Å². The smallest absolute Gasteiger partial charge is 0.153 e. The van der Waals surface area contributed by atoms with Crippen LogP contribution < -0.4 is 16.8 Å². The number of rotatable bonds is 5. The molecule has 0 amide bonds. The van der Waals surface area contributed by atoms with Crippen molar-refractivity contribution in [3.05, 3.63) is 57.7 Å². The lowest BCUT2D eigenvalue weighted by molar-refractivity contribution is 0.975. The maximum Gasteiger partial charge on any atom is 0.153 e. The zero-order chi connectivity index (χ0) is 21.7. The van der Waals surface area contributed by atoms with Crippen LogP contribution in [0.5, 0.6) is 0 Å². The van der Waals surface area contributed by atoms with Crippen molar-refractivity contribution in [2.24, 2.45) is 16.5 Å². The normalized spacial score (nSPS) is 11.1. The third-order valence-corrected chi connectivity index (χ3v) is 5.24. The van der Waals surface area contributed by atoms with E-state index in [1.165, 1.54) is 13.4 Å². The molecule has 0 radical (unpaired) electrons. The van der Waals surface area contributed by atoms with Crippen LogP contribution in [0.25, 0.3) is 21.8 Å². The van der Waals surface area contributed by atoms with Crippen molar-refractivity contribution >= 4 is 62.9 Å². The lowest BCUT2D eigenvalue weighted by Gasteiger charge is -2.09. The van der Waals surface area contributed by atoms with Crippen LogP contribution in [0.1, 0.15) is 11.3 Å². The van der Waals surface area contributed by atoms with Crippen molar-refractivity contribution in [1.82, 2.24) is 15.2 Å². The topological polar surface area (TPSA) is 118 Å². The van der Waals surface area contributed by atoms with Gasteiger partial charge in [-0.3, -0.25) is 4.99 Å². The highest BCUT2D eigenvalue weighted by atomic mass is 35.5. The second kappa shape index (κ2) is 9.75. The van der Waals surface area contributed by atoms with Gasteiger partial charge in [-0.05, 0) is 62.4 Å². The molecule has 4 rings (SSSR count). The minimum atomic E-state index is 0.517. The SMILES string of the molecule is CN.Cc1ccc(Nc2cc(CCN=CN)c3[nH]c4cc(Cl)c(Cl)cc4c3c2)nn1. The first-order valence-corrected chi connectivity index (χ1v) is 10.1. The molecule has 9 heteroatoms. The molecule has 0 saturated carbocycles. The molecular formula is C21H23Cl2N7. The molecule has 4 aromatic rings. The van der Waals surface area contributed by atoms with Crippen LogP contribution in [0, 0.1) is 6.92 Å². The van der Waals surface area contributed by atoms with Gasteiger partial charge in [0.05, 0.1) is 22.1 Å². The predicted octanol–water partition coefficient (Wildman–Crippen LogP) is 4.57. The number of hydrogen-bond acceptors (Lipinski definition) is 5. The fraction of sp³-hybridized carbons (Fsp3) is 0.190. The van der Waals surface area contributed by atoms with Gasteiger partial charge in [-0.2, -0.15) is 5.10 Å². The zero-order valence-electron chi connectivity index (χ0n) is 16.7. The number of anilines is 2. The van der Waals surface area contributed by atoms with Crippen molar-refractivity contribution in [3.8, 4) is 0 Å². The summed E-state index contributed by atoms with van der Waals surface area (Å²) < 4.78 is 0. The fourth-order valence-corrected chi connectivity index (χ4v) is 3.54. The van der Waals surface area contributed by atoms with E-state index in [4.69, 9.17) is 28.9 Å². The molecule has 6 N–H and O–H groups in total. The maximum atomic E-state index is 6.26. The highest BCUT2D eigenvalue weighted by molar-refractivity contribution is 6.43. The standard InChI is InChI=1S/C20H18Cl2N6.CH5N/c1-11-2-3-19(28-27-11)25-13-6-12(4-5-24-10-23)20-15(7-13)14-8-16(21)17(22)9-18(14)26-20;1-2/h2-3,6-10,26H,4-5H2,1H3,(H2,23,24)(H,25,28);2H2,1H3. The number of aromatic nitrogens is 3. The summed E-state index contributed by atoms with van der Waals surface area (Å²) in [5, 5.41) is 14.7. The molecule has 0 aliphatic rings. The number of hydrogen-bond donors (Lipinski definition) is 4. The summed E-state index contributed by atoms with van der Waals surface area (Å²) in [6.07, 6.45) is 2.06. The van der Waals surface area contributed by atoms with Gasteiger partial charge in [-0.15, -0.1) is 5.10 Å². The third kappa shape index (κ3) is 4.64. The maximum absolute atomic E-state index is 6.26. The number of nitrogens with two attached hydrogens (primary N) is 2. The van der Waals surface area contributed by atoms with Gasteiger partial charge in [-0.1, -0.05) is 23.2 Å². The Morgan fingerprint density at radius 1 is 1.07 bits per heavy atom. The minimum Gasteiger partial charge on any atom is -0.390 e. The van der Waals surface area contributed by atoms with Crippen LogP contribution in [-0.4, -0.2) is 35.1 Å². The quantitative estimate of drug-likeness (QED) is 0.266. The lowest BCUT2D eigenvalue weighted by Crippen LogP contribution is -1.99. The Bertz CT molecular complexity index is 1180. The summed E-state index contributed by atoms with van der Waals surface area (Å²) >= 11 is 12.5. The van der Waals surface area contributed by atoms with E-state index in [2.05, 4.69) is 43.4 Å². The van der Waals surface area contributed by atoms with E-state index in [9.17, 15) is 0 Å². The second-order valence-electron chi connectivity index (χ2n) is 6.49. The number of H-pyrrole nitrogens is 1. The molecular weight excluding hydrogens is 421 g/mol. The number of fused-ring (bicyclic) bond motifs is 3. The van der Waals surface area contributed by atoms with Crippen molar-refractivity contribution in [2.75, 3.05) is 18.9 Å². The van der Waals surface area contributed by atoms with Crippen LogP contribution in [-0.2, 0) is 6.42 Å².